The molecule has 1 aromatic heterocycles. The molecule has 1 N–H and O–H groups in total. The van der Waals surface area contributed by atoms with Gasteiger partial charge in [-0.25, -0.2) is 4.98 Å². The van der Waals surface area contributed by atoms with Crippen molar-refractivity contribution in [1.82, 2.24) is 4.98 Å². The summed E-state index contributed by atoms with van der Waals surface area (Å²) in [5.41, 5.74) is -1.33. The summed E-state index contributed by atoms with van der Waals surface area (Å²) in [6.07, 6.45) is -3.49. The molecule has 0 fully saturated rings. The van der Waals surface area contributed by atoms with Crippen LogP contribution in [0.25, 0.3) is 11.5 Å². The normalized spacial score (nSPS) is 11.3. The molecule has 0 saturated carbocycles. The van der Waals surface area contributed by atoms with Gasteiger partial charge in [0.2, 0.25) is 5.89 Å². The van der Waals surface area contributed by atoms with Crippen LogP contribution in [0.4, 0.5) is 24.5 Å². The first-order valence-electron chi connectivity index (χ1n) is 7.53. The van der Waals surface area contributed by atoms with E-state index in [1.54, 1.807) is 0 Å². The Labute approximate surface area is 159 Å². The van der Waals surface area contributed by atoms with Gasteiger partial charge < -0.3 is 9.73 Å². The first-order valence-corrected chi connectivity index (χ1v) is 7.91. The van der Waals surface area contributed by atoms with Crippen molar-refractivity contribution in [1.29, 1.82) is 0 Å². The van der Waals surface area contributed by atoms with Gasteiger partial charge in [0.05, 0.1) is 10.5 Å². The van der Waals surface area contributed by atoms with Crippen LogP contribution in [-0.2, 0) is 6.18 Å². The standard InChI is InChI=1S/C17H9ClF3N3O4/c18-11-5-6-12(14(7-11)24(26)27)22-15(25)13-8-28-16(23-13)9-1-3-10(4-2-9)17(19,20)21/h1-8H,(H,22,25). The number of hydrogen-bond donors (Lipinski definition) is 1. The van der Waals surface area contributed by atoms with Crippen molar-refractivity contribution < 1.29 is 27.3 Å². The number of carbonyl (C=O) groups is 1. The zero-order valence-corrected chi connectivity index (χ0v) is 14.4. The fraction of sp³-hybridized carbons (Fsp3) is 0.0588. The minimum absolute atomic E-state index is 0.0792. The average molecular weight is 412 g/mol. The molecule has 1 amide bonds. The fourth-order valence-electron chi connectivity index (χ4n) is 2.26. The minimum atomic E-state index is -4.48. The molecule has 0 atom stereocenters. The molecule has 0 aliphatic rings. The quantitative estimate of drug-likeness (QED) is 0.471. The Morgan fingerprint density at radius 2 is 1.86 bits per heavy atom. The third kappa shape index (κ3) is 4.12. The van der Waals surface area contributed by atoms with Crippen LogP contribution in [0.5, 0.6) is 0 Å². The first kappa shape index (κ1) is 19.4. The van der Waals surface area contributed by atoms with E-state index in [1.807, 2.05) is 0 Å². The highest BCUT2D eigenvalue weighted by atomic mass is 35.5. The third-order valence-electron chi connectivity index (χ3n) is 3.60. The second-order valence-electron chi connectivity index (χ2n) is 5.49. The number of rotatable bonds is 4. The van der Waals surface area contributed by atoms with E-state index in [9.17, 15) is 28.1 Å². The molecule has 28 heavy (non-hydrogen) atoms. The molecular formula is C17H9ClF3N3O4. The van der Waals surface area contributed by atoms with Crippen LogP contribution >= 0.6 is 11.6 Å². The second kappa shape index (κ2) is 7.31. The lowest BCUT2D eigenvalue weighted by atomic mass is 10.1. The summed E-state index contributed by atoms with van der Waals surface area (Å²) in [7, 11) is 0. The van der Waals surface area contributed by atoms with Crippen molar-refractivity contribution in [3.8, 4) is 11.5 Å². The molecule has 1 heterocycles. The number of benzene rings is 2. The fourth-order valence-corrected chi connectivity index (χ4v) is 2.43. The molecule has 0 aliphatic carbocycles. The number of aromatic nitrogens is 1. The van der Waals surface area contributed by atoms with Gasteiger partial charge in [-0.1, -0.05) is 11.6 Å². The van der Waals surface area contributed by atoms with Gasteiger partial charge in [-0.3, -0.25) is 14.9 Å². The van der Waals surface area contributed by atoms with Gasteiger partial charge in [0.25, 0.3) is 11.6 Å². The van der Waals surface area contributed by atoms with E-state index in [2.05, 4.69) is 10.3 Å². The van der Waals surface area contributed by atoms with Gasteiger partial charge >= 0.3 is 6.18 Å². The van der Waals surface area contributed by atoms with E-state index in [0.29, 0.717) is 0 Å². The second-order valence-corrected chi connectivity index (χ2v) is 5.92. The van der Waals surface area contributed by atoms with Crippen molar-refractivity contribution >= 4 is 28.9 Å². The average Bonchev–Trinajstić information content (AvgIpc) is 3.12. The topological polar surface area (TPSA) is 98.3 Å². The van der Waals surface area contributed by atoms with E-state index in [-0.39, 0.29) is 27.9 Å². The van der Waals surface area contributed by atoms with E-state index in [0.717, 1.165) is 36.6 Å². The van der Waals surface area contributed by atoms with E-state index < -0.39 is 28.3 Å². The molecule has 11 heteroatoms. The molecule has 0 unspecified atom stereocenters. The maximum absolute atomic E-state index is 12.6. The smallest absolute Gasteiger partial charge is 0.416 e. The molecular weight excluding hydrogens is 403 g/mol. The zero-order valence-electron chi connectivity index (χ0n) is 13.7. The highest BCUT2D eigenvalue weighted by Gasteiger charge is 2.30. The maximum Gasteiger partial charge on any atom is 0.416 e. The maximum atomic E-state index is 12.6. The predicted molar refractivity (Wildman–Crippen MR) is 93.0 cm³/mol. The van der Waals surface area contributed by atoms with Crippen LogP contribution < -0.4 is 5.32 Å². The number of amides is 1. The van der Waals surface area contributed by atoms with Gasteiger partial charge in [-0.05, 0) is 36.4 Å². The first-order chi connectivity index (χ1) is 13.1. The van der Waals surface area contributed by atoms with Crippen molar-refractivity contribution in [2.75, 3.05) is 5.32 Å². The Balaban J connectivity index is 1.81. The van der Waals surface area contributed by atoms with Crippen LogP contribution in [0.3, 0.4) is 0 Å². The lowest BCUT2D eigenvalue weighted by Crippen LogP contribution is -2.13. The lowest BCUT2D eigenvalue weighted by Gasteiger charge is -2.06. The summed E-state index contributed by atoms with van der Waals surface area (Å²) >= 11 is 5.71. The number of nitrogens with zero attached hydrogens (tertiary/aromatic N) is 2. The number of hydrogen-bond acceptors (Lipinski definition) is 5. The summed E-state index contributed by atoms with van der Waals surface area (Å²) in [6, 6.07) is 7.72. The van der Waals surface area contributed by atoms with Crippen molar-refractivity contribution in [2.45, 2.75) is 6.18 Å². The number of anilines is 1. The van der Waals surface area contributed by atoms with Gasteiger partial charge in [-0.15, -0.1) is 0 Å². The molecule has 2 aromatic carbocycles. The Hall–Kier alpha value is -3.40. The Kier molecular flexibility index (Phi) is 5.06. The summed E-state index contributed by atoms with van der Waals surface area (Å²) in [4.78, 5) is 26.5. The summed E-state index contributed by atoms with van der Waals surface area (Å²) < 4.78 is 42.9. The molecule has 144 valence electrons. The zero-order chi connectivity index (χ0) is 20.5. The van der Waals surface area contributed by atoms with Crippen molar-refractivity contribution in [3.63, 3.8) is 0 Å². The molecule has 0 bridgehead atoms. The molecule has 0 aliphatic heterocycles. The minimum Gasteiger partial charge on any atom is -0.444 e. The highest BCUT2D eigenvalue weighted by Crippen LogP contribution is 2.31. The number of carbonyl (C=O) groups excluding carboxylic acids is 1. The molecule has 3 rings (SSSR count). The number of nitro groups is 1. The van der Waals surface area contributed by atoms with Gasteiger partial charge in [-0.2, -0.15) is 13.2 Å². The van der Waals surface area contributed by atoms with Crippen LogP contribution in [0.15, 0.2) is 53.1 Å². The lowest BCUT2D eigenvalue weighted by molar-refractivity contribution is -0.383. The number of nitrogens with one attached hydrogen (secondary N) is 1. The largest absolute Gasteiger partial charge is 0.444 e. The van der Waals surface area contributed by atoms with Gasteiger partial charge in [0, 0.05) is 16.7 Å². The van der Waals surface area contributed by atoms with Gasteiger partial charge in [0.15, 0.2) is 5.69 Å². The van der Waals surface area contributed by atoms with Crippen molar-refractivity contribution in [2.24, 2.45) is 0 Å². The molecule has 0 radical (unpaired) electrons. The molecule has 7 nitrogen and oxygen atoms in total. The van der Waals surface area contributed by atoms with E-state index >= 15 is 0 Å². The van der Waals surface area contributed by atoms with Crippen LogP contribution in [0.1, 0.15) is 16.1 Å². The summed E-state index contributed by atoms with van der Waals surface area (Å²) in [6.45, 7) is 0. The number of nitro benzene ring substituents is 1. The van der Waals surface area contributed by atoms with Crippen LogP contribution in [0.2, 0.25) is 5.02 Å². The van der Waals surface area contributed by atoms with E-state index in [1.165, 1.54) is 12.1 Å². The van der Waals surface area contributed by atoms with E-state index in [4.69, 9.17) is 16.0 Å². The Morgan fingerprint density at radius 3 is 2.46 bits per heavy atom. The number of halogens is 4. The SMILES string of the molecule is O=C(Nc1ccc(Cl)cc1[N+](=O)[O-])c1coc(-c2ccc(C(F)(F)F)cc2)n1. The molecule has 3 aromatic rings. The highest BCUT2D eigenvalue weighted by molar-refractivity contribution is 6.31. The van der Waals surface area contributed by atoms with Crippen LogP contribution in [-0.4, -0.2) is 15.8 Å². The van der Waals surface area contributed by atoms with Crippen LogP contribution in [0, 0.1) is 10.1 Å². The van der Waals surface area contributed by atoms with Gasteiger partial charge in [0.1, 0.15) is 12.0 Å². The number of alkyl halides is 3. The Bertz CT molecular complexity index is 1050. The molecule has 0 saturated heterocycles. The summed E-state index contributed by atoms with van der Waals surface area (Å²) in [5, 5.41) is 13.5. The predicted octanol–water partition coefficient (Wildman–Crippen LogP) is 5.17. The van der Waals surface area contributed by atoms with Crippen molar-refractivity contribution in [3.05, 3.63) is 75.1 Å². The molecule has 0 spiro atoms. The monoisotopic (exact) mass is 411 g/mol. The number of oxazole rings is 1. The summed E-state index contributed by atoms with van der Waals surface area (Å²) in [5.74, 6) is -0.878. The Morgan fingerprint density at radius 1 is 1.18 bits per heavy atom. The third-order valence-corrected chi connectivity index (χ3v) is 3.84.